The van der Waals surface area contributed by atoms with Gasteiger partial charge in [0.15, 0.2) is 0 Å². The molecular formula is C13H15NO2. The summed E-state index contributed by atoms with van der Waals surface area (Å²) in [7, 11) is 1.35. The Bertz CT molecular complexity index is 447. The third kappa shape index (κ3) is 2.37. The van der Waals surface area contributed by atoms with E-state index in [1.165, 1.54) is 7.11 Å². The quantitative estimate of drug-likeness (QED) is 0.576. The van der Waals surface area contributed by atoms with Crippen LogP contribution in [0.1, 0.15) is 28.4 Å². The van der Waals surface area contributed by atoms with Crippen molar-refractivity contribution in [2.24, 2.45) is 4.99 Å². The van der Waals surface area contributed by atoms with E-state index in [9.17, 15) is 4.79 Å². The van der Waals surface area contributed by atoms with E-state index in [0.29, 0.717) is 11.3 Å². The SMILES string of the molecule is C=Nc1c(/C=C\C)cc(C)cc1C(=O)OC. The number of carbonyl (C=O) groups excluding carboxylic acids is 1. The van der Waals surface area contributed by atoms with Gasteiger partial charge < -0.3 is 4.74 Å². The second-order valence-corrected chi connectivity index (χ2v) is 3.40. The number of ether oxygens (including phenoxy) is 1. The Kier molecular flexibility index (Phi) is 4.00. The molecule has 0 aromatic heterocycles. The molecule has 0 aliphatic rings. The molecule has 0 fully saturated rings. The van der Waals surface area contributed by atoms with Crippen molar-refractivity contribution in [3.05, 3.63) is 34.9 Å². The summed E-state index contributed by atoms with van der Waals surface area (Å²) in [6.45, 7) is 7.32. The van der Waals surface area contributed by atoms with Crippen molar-refractivity contribution in [1.82, 2.24) is 0 Å². The Balaban J connectivity index is 3.47. The van der Waals surface area contributed by atoms with Crippen molar-refractivity contribution in [2.75, 3.05) is 7.11 Å². The predicted octanol–water partition coefficient (Wildman–Crippen LogP) is 3.15. The van der Waals surface area contributed by atoms with E-state index < -0.39 is 5.97 Å². The van der Waals surface area contributed by atoms with Gasteiger partial charge in [-0.25, -0.2) is 4.79 Å². The Morgan fingerprint density at radius 3 is 2.69 bits per heavy atom. The van der Waals surface area contributed by atoms with Gasteiger partial charge in [-0.2, -0.15) is 0 Å². The molecule has 0 saturated heterocycles. The Morgan fingerprint density at radius 2 is 2.19 bits per heavy atom. The maximum Gasteiger partial charge on any atom is 0.340 e. The molecule has 0 saturated carbocycles. The number of rotatable bonds is 3. The summed E-state index contributed by atoms with van der Waals surface area (Å²) in [6.07, 6.45) is 3.79. The van der Waals surface area contributed by atoms with Crippen LogP contribution in [-0.4, -0.2) is 19.8 Å². The van der Waals surface area contributed by atoms with Gasteiger partial charge in [0.25, 0.3) is 0 Å². The minimum atomic E-state index is -0.392. The molecule has 0 heterocycles. The Labute approximate surface area is 95.5 Å². The predicted molar refractivity (Wildman–Crippen MR) is 66.4 cm³/mol. The molecular weight excluding hydrogens is 202 g/mol. The molecule has 0 aliphatic carbocycles. The molecule has 1 aromatic rings. The number of aliphatic imine (C=N–C) groups is 1. The zero-order valence-electron chi connectivity index (χ0n) is 9.78. The number of esters is 1. The first-order valence-corrected chi connectivity index (χ1v) is 4.96. The number of hydrogen-bond donors (Lipinski definition) is 0. The third-order valence-electron chi connectivity index (χ3n) is 2.19. The monoisotopic (exact) mass is 217 g/mol. The highest BCUT2D eigenvalue weighted by Crippen LogP contribution is 2.27. The molecule has 0 bridgehead atoms. The normalized spacial score (nSPS) is 10.4. The van der Waals surface area contributed by atoms with Crippen molar-refractivity contribution in [3.63, 3.8) is 0 Å². The van der Waals surface area contributed by atoms with Crippen LogP contribution < -0.4 is 0 Å². The molecule has 0 amide bonds. The molecule has 0 unspecified atom stereocenters. The molecule has 0 radical (unpaired) electrons. The van der Waals surface area contributed by atoms with E-state index >= 15 is 0 Å². The molecule has 16 heavy (non-hydrogen) atoms. The number of allylic oxidation sites excluding steroid dienone is 1. The van der Waals surface area contributed by atoms with Gasteiger partial charge in [0.05, 0.1) is 18.4 Å². The second kappa shape index (κ2) is 5.26. The van der Waals surface area contributed by atoms with E-state index in [2.05, 4.69) is 11.7 Å². The molecule has 0 atom stereocenters. The summed E-state index contributed by atoms with van der Waals surface area (Å²) in [5, 5.41) is 0. The summed E-state index contributed by atoms with van der Waals surface area (Å²) in [5.74, 6) is -0.392. The average molecular weight is 217 g/mol. The minimum Gasteiger partial charge on any atom is -0.465 e. The zero-order chi connectivity index (χ0) is 12.1. The first-order chi connectivity index (χ1) is 7.63. The van der Waals surface area contributed by atoms with Gasteiger partial charge in [0, 0.05) is 5.56 Å². The topological polar surface area (TPSA) is 38.7 Å². The van der Waals surface area contributed by atoms with Gasteiger partial charge in [-0.15, -0.1) is 0 Å². The van der Waals surface area contributed by atoms with Crippen molar-refractivity contribution in [2.45, 2.75) is 13.8 Å². The first-order valence-electron chi connectivity index (χ1n) is 4.96. The number of nitrogens with zero attached hydrogens (tertiary/aromatic N) is 1. The van der Waals surface area contributed by atoms with Gasteiger partial charge in [-0.1, -0.05) is 12.2 Å². The van der Waals surface area contributed by atoms with Gasteiger partial charge in [-0.05, 0) is 38.3 Å². The standard InChI is InChI=1S/C13H15NO2/c1-5-6-10-7-9(2)8-11(12(10)14-3)13(15)16-4/h5-8H,3H2,1-2,4H3/b6-5-. The van der Waals surface area contributed by atoms with Crippen LogP contribution in [0.5, 0.6) is 0 Å². The van der Waals surface area contributed by atoms with Crippen LogP contribution in [0.15, 0.2) is 23.2 Å². The van der Waals surface area contributed by atoms with Crippen LogP contribution >= 0.6 is 0 Å². The average Bonchev–Trinajstić information content (AvgIpc) is 2.27. The van der Waals surface area contributed by atoms with E-state index in [0.717, 1.165) is 11.1 Å². The van der Waals surface area contributed by atoms with Crippen LogP contribution in [0.3, 0.4) is 0 Å². The van der Waals surface area contributed by atoms with E-state index in [4.69, 9.17) is 4.74 Å². The van der Waals surface area contributed by atoms with Crippen LogP contribution in [-0.2, 0) is 4.74 Å². The summed E-state index contributed by atoms with van der Waals surface area (Å²) in [6, 6.07) is 3.71. The second-order valence-electron chi connectivity index (χ2n) is 3.40. The lowest BCUT2D eigenvalue weighted by Gasteiger charge is -2.08. The maximum absolute atomic E-state index is 11.6. The number of benzene rings is 1. The molecule has 1 aromatic carbocycles. The smallest absolute Gasteiger partial charge is 0.340 e. The highest BCUT2D eigenvalue weighted by molar-refractivity contribution is 5.97. The zero-order valence-corrected chi connectivity index (χ0v) is 9.78. The van der Waals surface area contributed by atoms with E-state index in [-0.39, 0.29) is 0 Å². The molecule has 0 N–H and O–H groups in total. The highest BCUT2D eigenvalue weighted by atomic mass is 16.5. The molecule has 0 spiro atoms. The van der Waals surface area contributed by atoms with Crippen LogP contribution in [0, 0.1) is 6.92 Å². The van der Waals surface area contributed by atoms with Crippen molar-refractivity contribution in [1.29, 1.82) is 0 Å². The summed E-state index contributed by atoms with van der Waals surface area (Å²) in [5.41, 5.74) is 2.87. The van der Waals surface area contributed by atoms with Gasteiger partial charge in [-0.3, -0.25) is 4.99 Å². The van der Waals surface area contributed by atoms with Crippen molar-refractivity contribution < 1.29 is 9.53 Å². The number of aryl methyl sites for hydroxylation is 1. The lowest BCUT2D eigenvalue weighted by molar-refractivity contribution is 0.0601. The summed E-state index contributed by atoms with van der Waals surface area (Å²) < 4.78 is 4.72. The molecule has 0 aliphatic heterocycles. The summed E-state index contributed by atoms with van der Waals surface area (Å²) in [4.78, 5) is 15.5. The summed E-state index contributed by atoms with van der Waals surface area (Å²) >= 11 is 0. The molecule has 1 rings (SSSR count). The molecule has 3 nitrogen and oxygen atoms in total. The largest absolute Gasteiger partial charge is 0.465 e. The highest BCUT2D eigenvalue weighted by Gasteiger charge is 2.14. The van der Waals surface area contributed by atoms with Crippen LogP contribution in [0.4, 0.5) is 5.69 Å². The fraction of sp³-hybridized carbons (Fsp3) is 0.231. The fourth-order valence-electron chi connectivity index (χ4n) is 1.56. The number of hydrogen-bond acceptors (Lipinski definition) is 3. The van der Waals surface area contributed by atoms with E-state index in [1.54, 1.807) is 6.07 Å². The van der Waals surface area contributed by atoms with Gasteiger partial charge >= 0.3 is 5.97 Å². The van der Waals surface area contributed by atoms with Crippen LogP contribution in [0.25, 0.3) is 6.08 Å². The number of methoxy groups -OCH3 is 1. The van der Waals surface area contributed by atoms with Crippen LogP contribution in [0.2, 0.25) is 0 Å². The van der Waals surface area contributed by atoms with Gasteiger partial charge in [0.2, 0.25) is 0 Å². The lowest BCUT2D eigenvalue weighted by atomic mass is 10.0. The lowest BCUT2D eigenvalue weighted by Crippen LogP contribution is -2.03. The van der Waals surface area contributed by atoms with E-state index in [1.807, 2.05) is 32.1 Å². The maximum atomic E-state index is 11.6. The first kappa shape index (κ1) is 12.2. The van der Waals surface area contributed by atoms with Gasteiger partial charge in [0.1, 0.15) is 0 Å². The minimum absolute atomic E-state index is 0.392. The Morgan fingerprint density at radius 1 is 1.50 bits per heavy atom. The molecule has 84 valence electrons. The van der Waals surface area contributed by atoms with Crippen molar-refractivity contribution in [3.8, 4) is 0 Å². The van der Waals surface area contributed by atoms with Crippen molar-refractivity contribution >= 4 is 24.5 Å². The number of carbonyl (C=O) groups is 1. The third-order valence-corrected chi connectivity index (χ3v) is 2.19. The Hall–Kier alpha value is -1.90. The fourth-order valence-corrected chi connectivity index (χ4v) is 1.56. The molecule has 3 heteroatoms.